The first-order valence-corrected chi connectivity index (χ1v) is 6.25. The number of ether oxygens (including phenoxy) is 1. The lowest BCUT2D eigenvalue weighted by Crippen LogP contribution is -2.26. The van der Waals surface area contributed by atoms with Gasteiger partial charge in [0.25, 0.3) is 0 Å². The number of hydrogen-bond donors (Lipinski definition) is 1. The van der Waals surface area contributed by atoms with Crippen LogP contribution in [0.2, 0.25) is 0 Å². The highest BCUT2D eigenvalue weighted by atomic mass is 16.5. The second-order valence-corrected chi connectivity index (χ2v) is 5.82. The van der Waals surface area contributed by atoms with E-state index in [0.29, 0.717) is 0 Å². The average Bonchev–Trinajstić information content (AvgIpc) is 2.35. The Kier molecular flexibility index (Phi) is 3.31. The van der Waals surface area contributed by atoms with E-state index in [4.69, 9.17) is 10.5 Å². The molecule has 2 heteroatoms. The van der Waals surface area contributed by atoms with Gasteiger partial charge in [0.05, 0.1) is 7.11 Å². The summed E-state index contributed by atoms with van der Waals surface area (Å²) in [7, 11) is 1.69. The molecule has 0 unspecified atom stereocenters. The summed E-state index contributed by atoms with van der Waals surface area (Å²) in [5.41, 5.74) is 7.54. The van der Waals surface area contributed by atoms with E-state index in [1.807, 2.05) is 12.1 Å². The van der Waals surface area contributed by atoms with Crippen LogP contribution in [0.1, 0.15) is 32.4 Å². The molecule has 0 saturated carbocycles. The monoisotopic (exact) mass is 243 g/mol. The van der Waals surface area contributed by atoms with Gasteiger partial charge in [-0.1, -0.05) is 39.0 Å². The van der Waals surface area contributed by atoms with Crippen LogP contribution in [0.5, 0.6) is 5.75 Å². The second-order valence-electron chi connectivity index (χ2n) is 5.82. The fourth-order valence-corrected chi connectivity index (χ4v) is 2.06. The molecule has 2 aromatic carbocycles. The number of hydrogen-bond acceptors (Lipinski definition) is 2. The molecular weight excluding hydrogens is 222 g/mol. The van der Waals surface area contributed by atoms with Gasteiger partial charge >= 0.3 is 0 Å². The van der Waals surface area contributed by atoms with Gasteiger partial charge in [-0.25, -0.2) is 0 Å². The molecule has 2 rings (SSSR count). The van der Waals surface area contributed by atoms with Crippen molar-refractivity contribution >= 4 is 10.8 Å². The number of benzene rings is 2. The van der Waals surface area contributed by atoms with Crippen molar-refractivity contribution in [2.45, 2.75) is 26.8 Å². The van der Waals surface area contributed by atoms with Gasteiger partial charge in [-0.15, -0.1) is 0 Å². The lowest BCUT2D eigenvalue weighted by atomic mass is 9.82. The maximum Gasteiger partial charge on any atom is 0.119 e. The molecule has 1 atom stereocenters. The van der Waals surface area contributed by atoms with Gasteiger partial charge < -0.3 is 10.5 Å². The maximum atomic E-state index is 6.29. The van der Waals surface area contributed by atoms with E-state index in [0.717, 1.165) is 5.75 Å². The zero-order chi connectivity index (χ0) is 13.3. The van der Waals surface area contributed by atoms with Gasteiger partial charge in [0.15, 0.2) is 0 Å². The molecule has 2 nitrogen and oxygen atoms in total. The minimum Gasteiger partial charge on any atom is -0.497 e. The van der Waals surface area contributed by atoms with Crippen LogP contribution in [0.3, 0.4) is 0 Å². The zero-order valence-corrected chi connectivity index (χ0v) is 11.5. The number of rotatable bonds is 2. The minimum atomic E-state index is 0.0454. The van der Waals surface area contributed by atoms with Crippen LogP contribution in [0.25, 0.3) is 10.8 Å². The van der Waals surface area contributed by atoms with E-state index in [2.05, 4.69) is 45.0 Å². The Morgan fingerprint density at radius 2 is 1.61 bits per heavy atom. The van der Waals surface area contributed by atoms with Crippen molar-refractivity contribution in [1.82, 2.24) is 0 Å². The molecule has 2 N–H and O–H groups in total. The SMILES string of the molecule is COc1ccc2cc([C@@H](N)C(C)(C)C)ccc2c1. The van der Waals surface area contributed by atoms with E-state index >= 15 is 0 Å². The summed E-state index contributed by atoms with van der Waals surface area (Å²) in [6.45, 7) is 6.49. The largest absolute Gasteiger partial charge is 0.497 e. The Morgan fingerprint density at radius 3 is 2.22 bits per heavy atom. The first-order chi connectivity index (χ1) is 8.41. The molecule has 0 saturated heterocycles. The third-order valence-corrected chi connectivity index (χ3v) is 3.36. The summed E-state index contributed by atoms with van der Waals surface area (Å²) in [6.07, 6.45) is 0. The Morgan fingerprint density at radius 1 is 1.00 bits per heavy atom. The molecule has 0 spiro atoms. The minimum absolute atomic E-state index is 0.0454. The van der Waals surface area contributed by atoms with Crippen molar-refractivity contribution in [2.24, 2.45) is 11.1 Å². The molecule has 0 aliphatic rings. The van der Waals surface area contributed by atoms with Gasteiger partial charge in [-0.3, -0.25) is 0 Å². The lowest BCUT2D eigenvalue weighted by Gasteiger charge is -2.27. The summed E-state index contributed by atoms with van der Waals surface area (Å²) < 4.78 is 5.23. The van der Waals surface area contributed by atoms with Crippen molar-refractivity contribution in [2.75, 3.05) is 7.11 Å². The van der Waals surface area contributed by atoms with Gasteiger partial charge in [0, 0.05) is 6.04 Å². The van der Waals surface area contributed by atoms with Crippen LogP contribution in [-0.4, -0.2) is 7.11 Å². The molecule has 0 radical (unpaired) electrons. The smallest absolute Gasteiger partial charge is 0.119 e. The zero-order valence-electron chi connectivity index (χ0n) is 11.5. The molecule has 0 heterocycles. The highest BCUT2D eigenvalue weighted by molar-refractivity contribution is 5.84. The summed E-state index contributed by atoms with van der Waals surface area (Å²) in [6, 6.07) is 12.5. The molecule has 0 bridgehead atoms. The van der Waals surface area contributed by atoms with Crippen molar-refractivity contribution in [1.29, 1.82) is 0 Å². The number of methoxy groups -OCH3 is 1. The molecule has 2 aromatic rings. The fourth-order valence-electron chi connectivity index (χ4n) is 2.06. The maximum absolute atomic E-state index is 6.29. The van der Waals surface area contributed by atoms with Gasteiger partial charge in [-0.2, -0.15) is 0 Å². The molecular formula is C16H21NO. The fraction of sp³-hybridized carbons (Fsp3) is 0.375. The van der Waals surface area contributed by atoms with E-state index < -0.39 is 0 Å². The molecule has 18 heavy (non-hydrogen) atoms. The first kappa shape index (κ1) is 12.9. The predicted octanol–water partition coefficient (Wildman–Crippen LogP) is 3.89. The lowest BCUT2D eigenvalue weighted by molar-refractivity contribution is 0.327. The standard InChI is InChI=1S/C16H21NO/c1-16(2,3)15(17)13-6-5-12-10-14(18-4)8-7-11(12)9-13/h5-10,15H,17H2,1-4H3/t15-/m1/s1. The second kappa shape index (κ2) is 4.62. The number of fused-ring (bicyclic) bond motifs is 1. The normalized spacial score (nSPS) is 13.6. The summed E-state index contributed by atoms with van der Waals surface area (Å²) in [5.74, 6) is 0.885. The van der Waals surface area contributed by atoms with E-state index in [-0.39, 0.29) is 11.5 Å². The summed E-state index contributed by atoms with van der Waals surface area (Å²) in [5, 5.41) is 2.38. The van der Waals surface area contributed by atoms with Crippen molar-refractivity contribution in [3.63, 3.8) is 0 Å². The van der Waals surface area contributed by atoms with Crippen LogP contribution < -0.4 is 10.5 Å². The van der Waals surface area contributed by atoms with Crippen molar-refractivity contribution in [3.05, 3.63) is 42.0 Å². The Hall–Kier alpha value is -1.54. The highest BCUT2D eigenvalue weighted by Crippen LogP contribution is 2.32. The molecule has 96 valence electrons. The van der Waals surface area contributed by atoms with Crippen LogP contribution in [0.15, 0.2) is 36.4 Å². The Labute approximate surface area is 109 Å². The van der Waals surface area contributed by atoms with Gasteiger partial charge in [0.1, 0.15) is 5.75 Å². The van der Waals surface area contributed by atoms with Gasteiger partial charge in [-0.05, 0) is 39.9 Å². The van der Waals surface area contributed by atoms with Crippen LogP contribution in [-0.2, 0) is 0 Å². The third-order valence-electron chi connectivity index (χ3n) is 3.36. The topological polar surface area (TPSA) is 35.2 Å². The van der Waals surface area contributed by atoms with Crippen LogP contribution in [0.4, 0.5) is 0 Å². The molecule has 0 aliphatic carbocycles. The molecule has 0 aliphatic heterocycles. The summed E-state index contributed by atoms with van der Waals surface area (Å²) >= 11 is 0. The predicted molar refractivity (Wildman–Crippen MR) is 76.9 cm³/mol. The van der Waals surface area contributed by atoms with Crippen LogP contribution >= 0.6 is 0 Å². The summed E-state index contributed by atoms with van der Waals surface area (Å²) in [4.78, 5) is 0. The molecule has 0 aromatic heterocycles. The Balaban J connectivity index is 2.45. The van der Waals surface area contributed by atoms with Crippen molar-refractivity contribution < 1.29 is 4.74 Å². The van der Waals surface area contributed by atoms with E-state index in [9.17, 15) is 0 Å². The third kappa shape index (κ3) is 2.49. The Bertz CT molecular complexity index is 555. The molecule has 0 amide bonds. The van der Waals surface area contributed by atoms with Gasteiger partial charge in [0.2, 0.25) is 0 Å². The first-order valence-electron chi connectivity index (χ1n) is 6.25. The number of nitrogens with two attached hydrogens (primary N) is 1. The molecule has 0 fully saturated rings. The quantitative estimate of drug-likeness (QED) is 0.868. The van der Waals surface area contributed by atoms with E-state index in [1.54, 1.807) is 7.11 Å². The highest BCUT2D eigenvalue weighted by Gasteiger charge is 2.22. The average molecular weight is 243 g/mol. The van der Waals surface area contributed by atoms with Crippen molar-refractivity contribution in [3.8, 4) is 5.75 Å². The van der Waals surface area contributed by atoms with E-state index in [1.165, 1.54) is 16.3 Å². The van der Waals surface area contributed by atoms with Crippen LogP contribution in [0, 0.1) is 5.41 Å².